The van der Waals surface area contributed by atoms with Crippen molar-refractivity contribution >= 4 is 11.8 Å². The SMILES string of the molecule is CCC(C#N)(CC)N1C(=O)CCC1=O. The van der Waals surface area contributed by atoms with Gasteiger partial charge in [0.1, 0.15) is 5.54 Å². The lowest BCUT2D eigenvalue weighted by Crippen LogP contribution is -2.49. The Morgan fingerprint density at radius 1 is 1.29 bits per heavy atom. The van der Waals surface area contributed by atoms with Crippen LogP contribution in [0.5, 0.6) is 0 Å². The van der Waals surface area contributed by atoms with Gasteiger partial charge in [0, 0.05) is 12.8 Å². The Bertz CT molecular complexity index is 284. The van der Waals surface area contributed by atoms with Crippen LogP contribution in [0.2, 0.25) is 0 Å². The van der Waals surface area contributed by atoms with Crippen molar-refractivity contribution in [1.82, 2.24) is 4.90 Å². The average Bonchev–Trinajstić information content (AvgIpc) is 2.53. The van der Waals surface area contributed by atoms with Crippen LogP contribution in [0.25, 0.3) is 0 Å². The zero-order chi connectivity index (χ0) is 10.8. The summed E-state index contributed by atoms with van der Waals surface area (Å²) in [6.45, 7) is 3.65. The molecular formula is C10H14N2O2. The predicted molar refractivity (Wildman–Crippen MR) is 50.0 cm³/mol. The first-order chi connectivity index (χ1) is 6.61. The van der Waals surface area contributed by atoms with Gasteiger partial charge in [-0.3, -0.25) is 14.5 Å². The van der Waals surface area contributed by atoms with Gasteiger partial charge in [-0.15, -0.1) is 0 Å². The third-order valence-electron chi connectivity index (χ3n) is 2.86. The molecule has 1 aliphatic rings. The van der Waals surface area contributed by atoms with Crippen LogP contribution in [0.3, 0.4) is 0 Å². The van der Waals surface area contributed by atoms with Gasteiger partial charge in [0.2, 0.25) is 11.8 Å². The molecule has 14 heavy (non-hydrogen) atoms. The molecular weight excluding hydrogens is 180 g/mol. The monoisotopic (exact) mass is 194 g/mol. The highest BCUT2D eigenvalue weighted by atomic mass is 16.2. The van der Waals surface area contributed by atoms with Gasteiger partial charge >= 0.3 is 0 Å². The van der Waals surface area contributed by atoms with Crippen molar-refractivity contribution in [2.75, 3.05) is 0 Å². The Hall–Kier alpha value is -1.37. The molecule has 0 saturated carbocycles. The average molecular weight is 194 g/mol. The van der Waals surface area contributed by atoms with Gasteiger partial charge in [-0.2, -0.15) is 5.26 Å². The third-order valence-corrected chi connectivity index (χ3v) is 2.86. The maximum atomic E-state index is 11.5. The first-order valence-electron chi connectivity index (χ1n) is 4.88. The number of nitrogens with zero attached hydrogens (tertiary/aromatic N) is 2. The van der Waals surface area contributed by atoms with Crippen LogP contribution in [0, 0.1) is 11.3 Å². The molecule has 0 N–H and O–H groups in total. The van der Waals surface area contributed by atoms with E-state index in [1.807, 2.05) is 13.8 Å². The lowest BCUT2D eigenvalue weighted by molar-refractivity contribution is -0.143. The maximum absolute atomic E-state index is 11.5. The predicted octanol–water partition coefficient (Wildman–Crippen LogP) is 1.22. The Balaban J connectivity index is 3.05. The molecule has 0 radical (unpaired) electrons. The molecule has 0 aliphatic carbocycles. The van der Waals surface area contributed by atoms with E-state index in [0.29, 0.717) is 12.8 Å². The van der Waals surface area contributed by atoms with Crippen molar-refractivity contribution in [3.05, 3.63) is 0 Å². The van der Waals surface area contributed by atoms with Gasteiger partial charge in [0.15, 0.2) is 0 Å². The highest BCUT2D eigenvalue weighted by molar-refractivity contribution is 6.03. The summed E-state index contributed by atoms with van der Waals surface area (Å²) in [5.74, 6) is -0.416. The molecule has 4 nitrogen and oxygen atoms in total. The highest BCUT2D eigenvalue weighted by Crippen LogP contribution is 2.28. The topological polar surface area (TPSA) is 61.2 Å². The van der Waals surface area contributed by atoms with Gasteiger partial charge in [-0.1, -0.05) is 13.8 Å². The molecule has 0 atom stereocenters. The van der Waals surface area contributed by atoms with E-state index in [0.717, 1.165) is 4.90 Å². The lowest BCUT2D eigenvalue weighted by Gasteiger charge is -2.32. The Morgan fingerprint density at radius 2 is 1.71 bits per heavy atom. The van der Waals surface area contributed by atoms with Crippen molar-refractivity contribution < 1.29 is 9.59 Å². The van der Waals surface area contributed by atoms with Crippen molar-refractivity contribution in [1.29, 1.82) is 5.26 Å². The highest BCUT2D eigenvalue weighted by Gasteiger charge is 2.44. The molecule has 0 aromatic rings. The lowest BCUT2D eigenvalue weighted by atomic mass is 9.92. The van der Waals surface area contributed by atoms with Crippen LogP contribution < -0.4 is 0 Å². The fourth-order valence-electron chi connectivity index (χ4n) is 1.83. The minimum Gasteiger partial charge on any atom is -0.274 e. The zero-order valence-corrected chi connectivity index (χ0v) is 8.54. The molecule has 2 amide bonds. The number of rotatable bonds is 3. The van der Waals surface area contributed by atoms with E-state index in [1.165, 1.54) is 0 Å². The number of likely N-dealkylation sites (tertiary alicyclic amines) is 1. The molecule has 0 bridgehead atoms. The van der Waals surface area contributed by atoms with E-state index in [4.69, 9.17) is 5.26 Å². The molecule has 1 rings (SSSR count). The van der Waals surface area contributed by atoms with Gasteiger partial charge in [-0.25, -0.2) is 0 Å². The second kappa shape index (κ2) is 3.79. The number of hydrogen-bond acceptors (Lipinski definition) is 3. The summed E-state index contributed by atoms with van der Waals surface area (Å²) >= 11 is 0. The first-order valence-corrected chi connectivity index (χ1v) is 4.88. The summed E-state index contributed by atoms with van der Waals surface area (Å²) < 4.78 is 0. The summed E-state index contributed by atoms with van der Waals surface area (Å²) in [4.78, 5) is 24.1. The summed E-state index contributed by atoms with van der Waals surface area (Å²) in [6, 6.07) is 2.10. The number of carbonyl (C=O) groups excluding carboxylic acids is 2. The number of hydrogen-bond donors (Lipinski definition) is 0. The smallest absolute Gasteiger partial charge is 0.231 e. The Kier molecular flexibility index (Phi) is 2.90. The molecule has 1 saturated heterocycles. The fourth-order valence-corrected chi connectivity index (χ4v) is 1.83. The van der Waals surface area contributed by atoms with E-state index < -0.39 is 5.54 Å². The van der Waals surface area contributed by atoms with Crippen LogP contribution in [0.15, 0.2) is 0 Å². The maximum Gasteiger partial charge on any atom is 0.231 e. The molecule has 0 aromatic carbocycles. The van der Waals surface area contributed by atoms with Gasteiger partial charge < -0.3 is 0 Å². The summed E-state index contributed by atoms with van der Waals surface area (Å²) in [5.41, 5.74) is -0.912. The summed E-state index contributed by atoms with van der Waals surface area (Å²) in [7, 11) is 0. The third kappa shape index (κ3) is 1.39. The van der Waals surface area contributed by atoms with Crippen molar-refractivity contribution in [2.45, 2.75) is 45.1 Å². The standard InChI is InChI=1S/C10H14N2O2/c1-3-10(4-2,7-11)12-8(13)5-6-9(12)14/h3-6H2,1-2H3. The van der Waals surface area contributed by atoms with E-state index in [9.17, 15) is 9.59 Å². The van der Waals surface area contributed by atoms with E-state index in [2.05, 4.69) is 6.07 Å². The van der Waals surface area contributed by atoms with Crippen LogP contribution >= 0.6 is 0 Å². The fraction of sp³-hybridized carbons (Fsp3) is 0.700. The van der Waals surface area contributed by atoms with Gasteiger partial charge in [0.05, 0.1) is 6.07 Å². The number of carbonyl (C=O) groups is 2. The molecule has 4 heteroatoms. The minimum absolute atomic E-state index is 0.208. The molecule has 1 heterocycles. The van der Waals surface area contributed by atoms with Crippen LogP contribution in [-0.4, -0.2) is 22.3 Å². The van der Waals surface area contributed by atoms with Crippen molar-refractivity contribution in [3.8, 4) is 6.07 Å². The van der Waals surface area contributed by atoms with E-state index in [1.54, 1.807) is 0 Å². The van der Waals surface area contributed by atoms with E-state index >= 15 is 0 Å². The van der Waals surface area contributed by atoms with Gasteiger partial charge in [0.25, 0.3) is 0 Å². The second-order valence-corrected chi connectivity index (χ2v) is 3.47. The van der Waals surface area contributed by atoms with Crippen LogP contribution in [-0.2, 0) is 9.59 Å². The van der Waals surface area contributed by atoms with Crippen LogP contribution in [0.4, 0.5) is 0 Å². The zero-order valence-electron chi connectivity index (χ0n) is 8.54. The minimum atomic E-state index is -0.912. The number of amides is 2. The number of nitriles is 1. The second-order valence-electron chi connectivity index (χ2n) is 3.47. The first kappa shape index (κ1) is 10.7. The summed E-state index contributed by atoms with van der Waals surface area (Å²) in [5, 5.41) is 9.08. The summed E-state index contributed by atoms with van der Waals surface area (Å²) in [6.07, 6.45) is 1.50. The van der Waals surface area contributed by atoms with Crippen molar-refractivity contribution in [3.63, 3.8) is 0 Å². The van der Waals surface area contributed by atoms with E-state index in [-0.39, 0.29) is 24.7 Å². The number of imide groups is 1. The normalized spacial score (nSPS) is 17.4. The quantitative estimate of drug-likeness (QED) is 0.634. The molecule has 1 aliphatic heterocycles. The van der Waals surface area contributed by atoms with Gasteiger partial charge in [-0.05, 0) is 12.8 Å². The Labute approximate surface area is 83.5 Å². The van der Waals surface area contributed by atoms with Crippen molar-refractivity contribution in [2.24, 2.45) is 0 Å². The Morgan fingerprint density at radius 3 is 2.00 bits per heavy atom. The largest absolute Gasteiger partial charge is 0.274 e. The molecule has 0 aromatic heterocycles. The molecule has 76 valence electrons. The molecule has 0 unspecified atom stereocenters. The molecule has 0 spiro atoms. The molecule has 1 fully saturated rings. The van der Waals surface area contributed by atoms with Crippen LogP contribution in [0.1, 0.15) is 39.5 Å².